The maximum Gasteiger partial charge on any atom is 0.299 e. The summed E-state index contributed by atoms with van der Waals surface area (Å²) in [5, 5.41) is 10.1. The smallest absolute Gasteiger partial charge is 0.299 e. The molecule has 2 heterocycles. The number of nitrogens with two attached hydrogens (primary N) is 1. The van der Waals surface area contributed by atoms with E-state index in [0.29, 0.717) is 0 Å². The van der Waals surface area contributed by atoms with E-state index < -0.39 is 43.1 Å². The van der Waals surface area contributed by atoms with Crippen LogP contribution in [0.15, 0.2) is 24.5 Å². The monoisotopic (exact) mass is 386 g/mol. The summed E-state index contributed by atoms with van der Waals surface area (Å²) < 4.78 is 19.7. The fourth-order valence-corrected chi connectivity index (χ4v) is 3.02. The largest absolute Gasteiger partial charge is 0.756 e. The van der Waals surface area contributed by atoms with Crippen molar-refractivity contribution >= 4 is 36.9 Å². The van der Waals surface area contributed by atoms with Crippen LogP contribution in [0.3, 0.4) is 0 Å². The van der Waals surface area contributed by atoms with E-state index in [1.807, 2.05) is 0 Å². The Bertz CT molecular complexity index is 653. The van der Waals surface area contributed by atoms with Gasteiger partial charge in [0.25, 0.3) is 20.0 Å². The van der Waals surface area contributed by atoms with Crippen LogP contribution in [0.25, 0.3) is 0 Å². The lowest BCUT2D eigenvalue weighted by Crippen LogP contribution is -2.49. The van der Waals surface area contributed by atoms with Crippen LogP contribution in [0.5, 0.6) is 0 Å². The number of aliphatic hydroxyl groups excluding tert-OH is 1. The van der Waals surface area contributed by atoms with Gasteiger partial charge in [-0.05, 0) is 6.07 Å². The first-order chi connectivity index (χ1) is 10.5. The van der Waals surface area contributed by atoms with Crippen molar-refractivity contribution in [2.45, 2.75) is 22.8 Å². The zero-order chi connectivity index (χ0) is 17.4. The number of primary amides is 1. The first kappa shape index (κ1) is 18.6. The minimum absolute atomic E-state index is 0.147. The number of amides is 1. The summed E-state index contributed by atoms with van der Waals surface area (Å²) in [6, 6.07) is 2.94. The van der Waals surface area contributed by atoms with Crippen LogP contribution in [0.4, 0.5) is 0 Å². The second-order valence-electron chi connectivity index (χ2n) is 4.81. The second kappa shape index (κ2) is 6.62. The Balaban J connectivity index is 2.24. The molecule has 1 aromatic heterocycles. The molecular formula is C11H13Cl2N2O7P. The van der Waals surface area contributed by atoms with E-state index in [0.717, 1.165) is 0 Å². The predicted octanol–water partition coefficient (Wildman–Crippen LogP) is -1.02. The van der Waals surface area contributed by atoms with Gasteiger partial charge in [-0.2, -0.15) is 4.57 Å². The summed E-state index contributed by atoms with van der Waals surface area (Å²) in [6.07, 6.45) is -1.12. The molecule has 4 atom stereocenters. The molecule has 0 aromatic carbocycles. The van der Waals surface area contributed by atoms with Gasteiger partial charge in [0.15, 0.2) is 12.4 Å². The van der Waals surface area contributed by atoms with E-state index in [1.54, 1.807) is 0 Å². The number of ether oxygens (including phenoxy) is 1. The molecule has 0 spiro atoms. The molecule has 1 fully saturated rings. The molecule has 1 aromatic rings. The topological polar surface area (TPSA) is 146 Å². The number of phosphoric acid groups is 1. The Morgan fingerprint density at radius 3 is 2.83 bits per heavy atom. The molecular weight excluding hydrogens is 374 g/mol. The fraction of sp³-hybridized carbons (Fsp3) is 0.455. The normalized spacial score (nSPS) is 29.2. The highest BCUT2D eigenvalue weighted by Crippen LogP contribution is 2.45. The van der Waals surface area contributed by atoms with E-state index in [1.165, 1.54) is 29.1 Å². The van der Waals surface area contributed by atoms with Crippen LogP contribution >= 0.6 is 31.0 Å². The highest BCUT2D eigenvalue weighted by molar-refractivity contribution is 7.44. The molecule has 0 bridgehead atoms. The number of rotatable bonds is 5. The summed E-state index contributed by atoms with van der Waals surface area (Å²) in [4.78, 5) is 30.4. The molecule has 12 heteroatoms. The number of aromatic nitrogens is 1. The highest BCUT2D eigenvalue weighted by Gasteiger charge is 2.60. The standard InChI is InChI=1S/C11H13Cl2N2O7P/c12-11(13)8(16)7(5-21-23(18,19)20)22-10(11)15-3-1-2-6(4-15)9(14)17/h1-4,7-8,10,16H,5H2,(H3-,14,17,18,19,20)/t7-,8-,10-/m1/s1. The van der Waals surface area contributed by atoms with Gasteiger partial charge < -0.3 is 29.9 Å². The summed E-state index contributed by atoms with van der Waals surface area (Å²) in [7, 11) is -4.99. The van der Waals surface area contributed by atoms with Gasteiger partial charge in [0.05, 0.1) is 6.61 Å². The van der Waals surface area contributed by atoms with Gasteiger partial charge in [-0.3, -0.25) is 9.36 Å². The van der Waals surface area contributed by atoms with E-state index >= 15 is 0 Å². The molecule has 9 nitrogen and oxygen atoms in total. The minimum atomic E-state index is -4.99. The molecule has 1 saturated heterocycles. The Hall–Kier alpha value is -0.770. The van der Waals surface area contributed by atoms with Crippen molar-refractivity contribution in [1.82, 2.24) is 0 Å². The third kappa shape index (κ3) is 4.20. The number of carbonyl (C=O) groups excluding carboxylic acids is 1. The van der Waals surface area contributed by atoms with Gasteiger partial charge in [0.1, 0.15) is 17.8 Å². The van der Waals surface area contributed by atoms with Crippen molar-refractivity contribution < 1.29 is 38.1 Å². The van der Waals surface area contributed by atoms with E-state index in [-0.39, 0.29) is 5.56 Å². The number of pyridine rings is 1. The molecule has 1 aliphatic rings. The van der Waals surface area contributed by atoms with E-state index in [9.17, 15) is 19.4 Å². The molecule has 1 aliphatic heterocycles. The van der Waals surface area contributed by atoms with Gasteiger partial charge in [-0.15, -0.1) is 0 Å². The summed E-state index contributed by atoms with van der Waals surface area (Å²) in [5.41, 5.74) is 5.32. The zero-order valence-electron chi connectivity index (χ0n) is 11.4. The number of aliphatic hydroxyl groups is 1. The molecule has 128 valence electrons. The summed E-state index contributed by atoms with van der Waals surface area (Å²) in [5.74, 6) is -0.694. The predicted molar refractivity (Wildman–Crippen MR) is 75.3 cm³/mol. The number of carbonyl (C=O) groups is 1. The third-order valence-electron chi connectivity index (χ3n) is 3.16. The van der Waals surface area contributed by atoms with Crippen LogP contribution in [-0.4, -0.2) is 39.1 Å². The van der Waals surface area contributed by atoms with Crippen LogP contribution < -0.4 is 15.2 Å². The molecule has 4 N–H and O–H groups in total. The van der Waals surface area contributed by atoms with Crippen molar-refractivity contribution in [2.24, 2.45) is 5.73 Å². The molecule has 0 radical (unpaired) electrons. The molecule has 1 amide bonds. The van der Waals surface area contributed by atoms with Crippen molar-refractivity contribution in [2.75, 3.05) is 6.61 Å². The average molecular weight is 387 g/mol. The van der Waals surface area contributed by atoms with Crippen molar-refractivity contribution in [3.05, 3.63) is 30.1 Å². The lowest BCUT2D eigenvalue weighted by atomic mass is 10.1. The lowest BCUT2D eigenvalue weighted by molar-refractivity contribution is -0.760. The van der Waals surface area contributed by atoms with Crippen molar-refractivity contribution in [3.8, 4) is 0 Å². The number of phosphoric ester groups is 1. The molecule has 0 aliphatic carbocycles. The van der Waals surface area contributed by atoms with E-state index in [2.05, 4.69) is 4.52 Å². The first-order valence-electron chi connectivity index (χ1n) is 6.22. The van der Waals surface area contributed by atoms with Gasteiger partial charge in [0.2, 0.25) is 4.33 Å². The van der Waals surface area contributed by atoms with Gasteiger partial charge >= 0.3 is 0 Å². The van der Waals surface area contributed by atoms with Gasteiger partial charge in [-0.1, -0.05) is 23.2 Å². The Morgan fingerprint density at radius 1 is 1.61 bits per heavy atom. The van der Waals surface area contributed by atoms with Gasteiger partial charge in [-0.25, -0.2) is 0 Å². The molecule has 1 unspecified atom stereocenters. The van der Waals surface area contributed by atoms with Crippen LogP contribution in [0, 0.1) is 0 Å². The summed E-state index contributed by atoms with van der Waals surface area (Å²) >= 11 is 12.2. The maximum atomic E-state index is 11.2. The summed E-state index contributed by atoms with van der Waals surface area (Å²) in [6.45, 7) is -0.688. The average Bonchev–Trinajstić information content (AvgIpc) is 2.67. The quantitative estimate of drug-likeness (QED) is 0.333. The minimum Gasteiger partial charge on any atom is -0.756 e. The van der Waals surface area contributed by atoms with Crippen molar-refractivity contribution in [1.29, 1.82) is 0 Å². The zero-order valence-corrected chi connectivity index (χ0v) is 13.8. The second-order valence-corrected chi connectivity index (χ2v) is 7.45. The highest BCUT2D eigenvalue weighted by atomic mass is 35.5. The number of nitrogens with zero attached hydrogens (tertiary/aromatic N) is 1. The maximum absolute atomic E-state index is 11.2. The molecule has 2 rings (SSSR count). The van der Waals surface area contributed by atoms with Gasteiger partial charge in [0, 0.05) is 6.07 Å². The Morgan fingerprint density at radius 2 is 2.26 bits per heavy atom. The van der Waals surface area contributed by atoms with Crippen LogP contribution in [0.2, 0.25) is 0 Å². The number of hydrogen-bond donors (Lipinski definition) is 3. The SMILES string of the molecule is NC(=O)c1ccc[n+]([C@@H]2O[C@H](COP(=O)([O-])O)[C@@H](O)C2(Cl)Cl)c1. The molecule has 23 heavy (non-hydrogen) atoms. The number of alkyl halides is 2. The lowest BCUT2D eigenvalue weighted by Gasteiger charge is -2.21. The third-order valence-corrected chi connectivity index (χ3v) is 4.45. The first-order valence-corrected chi connectivity index (χ1v) is 8.48. The fourth-order valence-electron chi connectivity index (χ4n) is 2.08. The molecule has 0 saturated carbocycles. The van der Waals surface area contributed by atoms with E-state index in [4.69, 9.17) is 38.6 Å². The Kier molecular flexibility index (Phi) is 5.34. The van der Waals surface area contributed by atoms with Crippen LogP contribution in [-0.2, 0) is 13.8 Å². The van der Waals surface area contributed by atoms with Crippen molar-refractivity contribution in [3.63, 3.8) is 0 Å². The number of hydrogen-bond acceptors (Lipinski definition) is 6. The van der Waals surface area contributed by atoms with Crippen LogP contribution in [0.1, 0.15) is 16.6 Å². The Labute approximate surface area is 140 Å². The number of halogens is 2.